The van der Waals surface area contributed by atoms with Gasteiger partial charge in [-0.05, 0) is 34.2 Å². The Morgan fingerprint density at radius 3 is 3.14 bits per heavy atom. The number of hydrogen-bond donors (Lipinski definition) is 1. The first-order valence-electron chi connectivity index (χ1n) is 4.41. The second kappa shape index (κ2) is 4.73. The molecule has 0 saturated carbocycles. The Morgan fingerprint density at radius 1 is 1.64 bits per heavy atom. The number of halogens is 2. The van der Waals surface area contributed by atoms with E-state index >= 15 is 0 Å². The zero-order valence-corrected chi connectivity index (χ0v) is 10.6. The van der Waals surface area contributed by atoms with Crippen molar-refractivity contribution in [2.24, 2.45) is 0 Å². The minimum atomic E-state index is 0.520. The molecule has 1 N–H and O–H groups in total. The third kappa shape index (κ3) is 2.55. The van der Waals surface area contributed by atoms with E-state index in [4.69, 9.17) is 11.6 Å². The van der Waals surface area contributed by atoms with Gasteiger partial charge in [0.1, 0.15) is 5.82 Å². The van der Waals surface area contributed by atoms with Crippen LogP contribution in [0, 0.1) is 0 Å². The van der Waals surface area contributed by atoms with Crippen molar-refractivity contribution in [2.45, 2.75) is 12.5 Å². The number of nitrogens with one attached hydrogen (secondary N) is 1. The van der Waals surface area contributed by atoms with Gasteiger partial charge in [-0.1, -0.05) is 11.6 Å². The largest absolute Gasteiger partial charge is 0.365 e. The first kappa shape index (κ1) is 10.6. The van der Waals surface area contributed by atoms with Crippen LogP contribution in [0.15, 0.2) is 16.7 Å². The second-order valence-electron chi connectivity index (χ2n) is 3.19. The van der Waals surface area contributed by atoms with Crippen LogP contribution in [0.2, 0.25) is 5.02 Å². The van der Waals surface area contributed by atoms with Crippen LogP contribution in [0.3, 0.4) is 0 Å². The maximum absolute atomic E-state index is 6.05. The monoisotopic (exact) mass is 292 g/mol. The smallest absolute Gasteiger partial charge is 0.145 e. The summed E-state index contributed by atoms with van der Waals surface area (Å²) in [7, 11) is 0. The van der Waals surface area contributed by atoms with Crippen LogP contribution >= 0.6 is 39.3 Å². The fourth-order valence-corrected chi connectivity index (χ4v) is 3.20. The number of rotatable bonds is 2. The number of thioether (sulfide) groups is 1. The number of hydrogen-bond acceptors (Lipinski definition) is 3. The molecule has 14 heavy (non-hydrogen) atoms. The van der Waals surface area contributed by atoms with E-state index < -0.39 is 0 Å². The Bertz CT molecular complexity index is 329. The second-order valence-corrected chi connectivity index (χ2v) is 5.66. The molecule has 2 nitrogen and oxygen atoms in total. The summed E-state index contributed by atoms with van der Waals surface area (Å²) in [5.41, 5.74) is 0. The summed E-state index contributed by atoms with van der Waals surface area (Å²) in [6.07, 6.45) is 2.95. The number of nitrogens with zero attached hydrogens (tertiary/aromatic N) is 1. The lowest BCUT2D eigenvalue weighted by atomic mass is 10.2. The molecule has 1 unspecified atom stereocenters. The molecule has 2 heterocycles. The molecular weight excluding hydrogens is 284 g/mol. The summed E-state index contributed by atoms with van der Waals surface area (Å²) < 4.78 is 0.911. The first-order chi connectivity index (χ1) is 6.75. The van der Waals surface area contributed by atoms with Crippen LogP contribution in [0.25, 0.3) is 0 Å². The Kier molecular flexibility index (Phi) is 3.57. The Morgan fingerprint density at radius 2 is 2.50 bits per heavy atom. The average Bonchev–Trinajstić information content (AvgIpc) is 2.62. The summed E-state index contributed by atoms with van der Waals surface area (Å²) >= 11 is 11.3. The third-order valence-electron chi connectivity index (χ3n) is 2.08. The van der Waals surface area contributed by atoms with Crippen molar-refractivity contribution in [2.75, 3.05) is 16.8 Å². The van der Waals surface area contributed by atoms with Crippen molar-refractivity contribution in [1.82, 2.24) is 4.98 Å². The van der Waals surface area contributed by atoms with Gasteiger partial charge in [-0.25, -0.2) is 4.98 Å². The van der Waals surface area contributed by atoms with Crippen LogP contribution in [-0.4, -0.2) is 22.5 Å². The van der Waals surface area contributed by atoms with Gasteiger partial charge in [-0.2, -0.15) is 11.8 Å². The Balaban J connectivity index is 2.08. The maximum Gasteiger partial charge on any atom is 0.145 e. The van der Waals surface area contributed by atoms with Crippen molar-refractivity contribution < 1.29 is 0 Å². The highest BCUT2D eigenvalue weighted by molar-refractivity contribution is 9.10. The van der Waals surface area contributed by atoms with Crippen LogP contribution < -0.4 is 5.32 Å². The molecule has 76 valence electrons. The van der Waals surface area contributed by atoms with Gasteiger partial charge in [-0.3, -0.25) is 0 Å². The number of pyridine rings is 1. The van der Waals surface area contributed by atoms with E-state index in [1.54, 1.807) is 6.20 Å². The molecule has 0 radical (unpaired) electrons. The summed E-state index contributed by atoms with van der Waals surface area (Å²) in [5.74, 6) is 3.17. The van der Waals surface area contributed by atoms with Crippen LogP contribution in [0.4, 0.5) is 5.82 Å². The molecule has 1 atom stereocenters. The summed E-state index contributed by atoms with van der Waals surface area (Å²) in [5, 5.41) is 4.03. The molecule has 5 heteroatoms. The highest BCUT2D eigenvalue weighted by Gasteiger charge is 2.16. The molecule has 1 saturated heterocycles. The van der Waals surface area contributed by atoms with Crippen molar-refractivity contribution in [3.8, 4) is 0 Å². The number of anilines is 1. The van der Waals surface area contributed by atoms with Crippen molar-refractivity contribution in [3.05, 3.63) is 21.8 Å². The fraction of sp³-hybridized carbons (Fsp3) is 0.444. The Labute approximate surface area is 101 Å². The molecule has 1 aromatic heterocycles. The van der Waals surface area contributed by atoms with E-state index in [-0.39, 0.29) is 0 Å². The lowest BCUT2D eigenvalue weighted by molar-refractivity contribution is 0.807. The standard InChI is InChI=1S/C9H10BrClN2S/c10-6-3-8(11)9(12-4-6)13-7-1-2-14-5-7/h3-4,7H,1-2,5H2,(H,12,13). The molecular formula is C9H10BrClN2S. The first-order valence-corrected chi connectivity index (χ1v) is 6.73. The summed E-state index contributed by atoms with van der Waals surface area (Å²) in [6.45, 7) is 0. The summed E-state index contributed by atoms with van der Waals surface area (Å²) in [6, 6.07) is 2.38. The van der Waals surface area contributed by atoms with E-state index in [1.165, 1.54) is 12.2 Å². The van der Waals surface area contributed by atoms with Gasteiger partial charge in [0, 0.05) is 22.5 Å². The Hall–Kier alpha value is 0.0700. The molecule has 2 rings (SSSR count). The third-order valence-corrected chi connectivity index (χ3v) is 3.96. The van der Waals surface area contributed by atoms with E-state index in [1.807, 2.05) is 17.8 Å². The minimum absolute atomic E-state index is 0.520. The highest BCUT2D eigenvalue weighted by Crippen LogP contribution is 2.26. The average molecular weight is 294 g/mol. The molecule has 1 aliphatic rings. The molecule has 0 aromatic carbocycles. The molecule has 0 spiro atoms. The lowest BCUT2D eigenvalue weighted by Gasteiger charge is -2.12. The zero-order valence-electron chi connectivity index (χ0n) is 7.46. The van der Waals surface area contributed by atoms with Gasteiger partial charge in [0.15, 0.2) is 0 Å². The quantitative estimate of drug-likeness (QED) is 0.904. The van der Waals surface area contributed by atoms with Gasteiger partial charge in [0.25, 0.3) is 0 Å². The minimum Gasteiger partial charge on any atom is -0.365 e. The van der Waals surface area contributed by atoms with Crippen molar-refractivity contribution in [1.29, 1.82) is 0 Å². The number of aromatic nitrogens is 1. The van der Waals surface area contributed by atoms with Gasteiger partial charge in [-0.15, -0.1) is 0 Å². The molecule has 0 aliphatic carbocycles. The molecule has 0 bridgehead atoms. The van der Waals surface area contributed by atoms with Gasteiger partial charge >= 0.3 is 0 Å². The fourth-order valence-electron chi connectivity index (χ4n) is 1.36. The van der Waals surface area contributed by atoms with Crippen molar-refractivity contribution >= 4 is 45.1 Å². The van der Waals surface area contributed by atoms with Crippen LogP contribution in [0.1, 0.15) is 6.42 Å². The van der Waals surface area contributed by atoms with E-state index in [9.17, 15) is 0 Å². The molecule has 1 aromatic rings. The normalized spacial score (nSPS) is 21.1. The van der Waals surface area contributed by atoms with E-state index in [2.05, 4.69) is 26.2 Å². The lowest BCUT2D eigenvalue weighted by Crippen LogP contribution is -2.19. The molecule has 1 aliphatic heterocycles. The molecule has 1 fully saturated rings. The van der Waals surface area contributed by atoms with Crippen molar-refractivity contribution in [3.63, 3.8) is 0 Å². The highest BCUT2D eigenvalue weighted by atomic mass is 79.9. The zero-order chi connectivity index (χ0) is 9.97. The van der Waals surface area contributed by atoms with Gasteiger partial charge < -0.3 is 5.32 Å². The predicted molar refractivity (Wildman–Crippen MR) is 66.3 cm³/mol. The van der Waals surface area contributed by atoms with E-state index in [0.29, 0.717) is 11.1 Å². The van der Waals surface area contributed by atoms with E-state index in [0.717, 1.165) is 16.0 Å². The SMILES string of the molecule is Clc1cc(Br)cnc1NC1CCSC1. The molecule has 0 amide bonds. The van der Waals surface area contributed by atoms with Gasteiger partial charge in [0.2, 0.25) is 0 Å². The van der Waals surface area contributed by atoms with Gasteiger partial charge in [0.05, 0.1) is 5.02 Å². The predicted octanol–water partition coefficient (Wildman–Crippen LogP) is 3.41. The van der Waals surface area contributed by atoms with Crippen LogP contribution in [0.5, 0.6) is 0 Å². The summed E-state index contributed by atoms with van der Waals surface area (Å²) in [4.78, 5) is 4.24. The maximum atomic E-state index is 6.05. The topological polar surface area (TPSA) is 24.9 Å². The van der Waals surface area contributed by atoms with Crippen LogP contribution in [-0.2, 0) is 0 Å².